The van der Waals surface area contributed by atoms with Crippen molar-refractivity contribution in [3.05, 3.63) is 65.9 Å². The van der Waals surface area contributed by atoms with Gasteiger partial charge in [0.05, 0.1) is 12.6 Å². The van der Waals surface area contributed by atoms with Crippen LogP contribution in [0.2, 0.25) is 0 Å². The van der Waals surface area contributed by atoms with Gasteiger partial charge in [-0.2, -0.15) is 0 Å². The van der Waals surface area contributed by atoms with Gasteiger partial charge < -0.3 is 14.5 Å². The van der Waals surface area contributed by atoms with Gasteiger partial charge in [0.25, 0.3) is 0 Å². The van der Waals surface area contributed by atoms with Crippen LogP contribution < -0.4 is 10.1 Å². The molecule has 21 heavy (non-hydrogen) atoms. The lowest BCUT2D eigenvalue weighted by molar-refractivity contribution is 0.340. The van der Waals surface area contributed by atoms with Crippen molar-refractivity contribution in [3.63, 3.8) is 0 Å². The molecule has 3 heteroatoms. The van der Waals surface area contributed by atoms with Gasteiger partial charge in [0, 0.05) is 5.39 Å². The quantitative estimate of drug-likeness (QED) is 0.763. The highest BCUT2D eigenvalue weighted by Crippen LogP contribution is 2.28. The average Bonchev–Trinajstić information content (AvgIpc) is 2.93. The number of hydrogen-bond donors (Lipinski definition) is 1. The number of nitrogens with one attached hydrogen (secondary N) is 1. The van der Waals surface area contributed by atoms with Gasteiger partial charge in [-0.3, -0.25) is 0 Å². The number of fused-ring (bicyclic) bond motifs is 1. The predicted octanol–water partition coefficient (Wildman–Crippen LogP) is 4.14. The lowest BCUT2D eigenvalue weighted by atomic mass is 10.0. The van der Waals surface area contributed by atoms with Crippen LogP contribution in [0.3, 0.4) is 0 Å². The van der Waals surface area contributed by atoms with E-state index in [0.717, 1.165) is 28.0 Å². The SMILES string of the molecule is CCOc1ccc(C(NC)c2cc3ccccc3o2)cc1. The van der Waals surface area contributed by atoms with E-state index in [1.54, 1.807) is 0 Å². The maximum atomic E-state index is 5.96. The summed E-state index contributed by atoms with van der Waals surface area (Å²) in [5.74, 6) is 1.81. The molecule has 0 aliphatic carbocycles. The van der Waals surface area contributed by atoms with E-state index < -0.39 is 0 Å². The topological polar surface area (TPSA) is 34.4 Å². The molecule has 1 N–H and O–H groups in total. The largest absolute Gasteiger partial charge is 0.494 e. The summed E-state index contributed by atoms with van der Waals surface area (Å²) < 4.78 is 11.4. The van der Waals surface area contributed by atoms with Crippen molar-refractivity contribution in [1.82, 2.24) is 5.32 Å². The van der Waals surface area contributed by atoms with Crippen molar-refractivity contribution in [2.24, 2.45) is 0 Å². The summed E-state index contributed by atoms with van der Waals surface area (Å²) in [5.41, 5.74) is 2.07. The molecule has 1 aromatic heterocycles. The molecule has 1 atom stereocenters. The van der Waals surface area contributed by atoms with E-state index in [-0.39, 0.29) is 6.04 Å². The number of ether oxygens (including phenoxy) is 1. The molecule has 108 valence electrons. The lowest BCUT2D eigenvalue weighted by Gasteiger charge is -2.14. The van der Waals surface area contributed by atoms with Crippen molar-refractivity contribution >= 4 is 11.0 Å². The Bertz CT molecular complexity index is 682. The van der Waals surface area contributed by atoms with E-state index in [1.165, 1.54) is 0 Å². The number of benzene rings is 2. The first-order chi connectivity index (χ1) is 10.3. The van der Waals surface area contributed by atoms with Crippen LogP contribution in [-0.4, -0.2) is 13.7 Å². The average molecular weight is 281 g/mol. The third kappa shape index (κ3) is 2.78. The van der Waals surface area contributed by atoms with E-state index >= 15 is 0 Å². The van der Waals surface area contributed by atoms with E-state index in [2.05, 4.69) is 29.6 Å². The fourth-order valence-corrected chi connectivity index (χ4v) is 2.54. The van der Waals surface area contributed by atoms with E-state index in [0.29, 0.717) is 6.61 Å². The van der Waals surface area contributed by atoms with Crippen LogP contribution >= 0.6 is 0 Å². The van der Waals surface area contributed by atoms with Crippen LogP contribution in [0.15, 0.2) is 59.0 Å². The first kappa shape index (κ1) is 13.7. The van der Waals surface area contributed by atoms with Gasteiger partial charge in [-0.25, -0.2) is 0 Å². The summed E-state index contributed by atoms with van der Waals surface area (Å²) in [6, 6.07) is 18.3. The van der Waals surface area contributed by atoms with Gasteiger partial charge in [0.2, 0.25) is 0 Å². The molecule has 3 rings (SSSR count). The molecule has 0 radical (unpaired) electrons. The maximum Gasteiger partial charge on any atom is 0.134 e. The fourth-order valence-electron chi connectivity index (χ4n) is 2.54. The Hall–Kier alpha value is -2.26. The van der Waals surface area contributed by atoms with E-state index in [9.17, 15) is 0 Å². The van der Waals surface area contributed by atoms with Crippen LogP contribution in [0.1, 0.15) is 24.3 Å². The fraction of sp³-hybridized carbons (Fsp3) is 0.222. The molecule has 0 bridgehead atoms. The third-order valence-corrected chi connectivity index (χ3v) is 3.54. The van der Waals surface area contributed by atoms with Gasteiger partial charge in [-0.05, 0) is 43.8 Å². The standard InChI is InChI=1S/C18H19NO2/c1-3-20-15-10-8-13(9-11-15)18(19-2)17-12-14-6-4-5-7-16(14)21-17/h4-12,18-19H,3H2,1-2H3. The minimum atomic E-state index is 0.0353. The van der Waals surface area contributed by atoms with Crippen LogP contribution in [0.5, 0.6) is 5.75 Å². The first-order valence-electron chi connectivity index (χ1n) is 7.20. The highest BCUT2D eigenvalue weighted by atomic mass is 16.5. The van der Waals surface area contributed by atoms with Gasteiger partial charge in [0.1, 0.15) is 17.1 Å². The minimum absolute atomic E-state index is 0.0353. The maximum absolute atomic E-state index is 5.96. The molecule has 2 aromatic carbocycles. The van der Waals surface area contributed by atoms with Crippen molar-refractivity contribution < 1.29 is 9.15 Å². The number of rotatable bonds is 5. The minimum Gasteiger partial charge on any atom is -0.494 e. The first-order valence-corrected chi connectivity index (χ1v) is 7.20. The molecule has 0 aliphatic rings. The zero-order chi connectivity index (χ0) is 14.7. The van der Waals surface area contributed by atoms with Crippen molar-refractivity contribution in [2.75, 3.05) is 13.7 Å². The summed E-state index contributed by atoms with van der Waals surface area (Å²) in [7, 11) is 1.94. The molecule has 1 heterocycles. The van der Waals surface area contributed by atoms with Crippen molar-refractivity contribution in [3.8, 4) is 5.75 Å². The van der Waals surface area contributed by atoms with E-state index in [1.807, 2.05) is 44.3 Å². The molecule has 1 unspecified atom stereocenters. The molecule has 0 fully saturated rings. The summed E-state index contributed by atoms with van der Waals surface area (Å²) in [4.78, 5) is 0. The smallest absolute Gasteiger partial charge is 0.134 e. The molecule has 3 nitrogen and oxygen atoms in total. The zero-order valence-electron chi connectivity index (χ0n) is 12.3. The Kier molecular flexibility index (Phi) is 3.93. The predicted molar refractivity (Wildman–Crippen MR) is 84.7 cm³/mol. The zero-order valence-corrected chi connectivity index (χ0v) is 12.3. The summed E-state index contributed by atoms with van der Waals surface area (Å²) in [6.07, 6.45) is 0. The highest BCUT2D eigenvalue weighted by molar-refractivity contribution is 5.77. The van der Waals surface area contributed by atoms with Crippen molar-refractivity contribution in [2.45, 2.75) is 13.0 Å². The Morgan fingerprint density at radius 2 is 1.86 bits per heavy atom. The summed E-state index contributed by atoms with van der Waals surface area (Å²) in [5, 5.41) is 4.44. The molecule has 0 saturated carbocycles. The second-order valence-electron chi connectivity index (χ2n) is 4.91. The molecular weight excluding hydrogens is 262 g/mol. The molecule has 0 amide bonds. The molecule has 0 spiro atoms. The Labute approximate surface area is 124 Å². The number of furan rings is 1. The Balaban J connectivity index is 1.93. The monoisotopic (exact) mass is 281 g/mol. The van der Waals surface area contributed by atoms with Gasteiger partial charge in [-0.1, -0.05) is 30.3 Å². The van der Waals surface area contributed by atoms with Gasteiger partial charge in [0.15, 0.2) is 0 Å². The molecule has 3 aromatic rings. The normalized spacial score (nSPS) is 12.5. The van der Waals surface area contributed by atoms with E-state index in [4.69, 9.17) is 9.15 Å². The third-order valence-electron chi connectivity index (χ3n) is 3.54. The number of hydrogen-bond acceptors (Lipinski definition) is 3. The second-order valence-corrected chi connectivity index (χ2v) is 4.91. The Morgan fingerprint density at radius 3 is 2.52 bits per heavy atom. The van der Waals surface area contributed by atoms with Crippen LogP contribution in [0.25, 0.3) is 11.0 Å². The van der Waals surface area contributed by atoms with Gasteiger partial charge >= 0.3 is 0 Å². The van der Waals surface area contributed by atoms with Crippen LogP contribution in [0.4, 0.5) is 0 Å². The van der Waals surface area contributed by atoms with Crippen LogP contribution in [-0.2, 0) is 0 Å². The molecular formula is C18H19NO2. The summed E-state index contributed by atoms with van der Waals surface area (Å²) in [6.45, 7) is 2.66. The molecule has 0 aliphatic heterocycles. The summed E-state index contributed by atoms with van der Waals surface area (Å²) >= 11 is 0. The van der Waals surface area contributed by atoms with Gasteiger partial charge in [-0.15, -0.1) is 0 Å². The molecule has 0 saturated heterocycles. The Morgan fingerprint density at radius 1 is 1.10 bits per heavy atom. The van der Waals surface area contributed by atoms with Crippen LogP contribution in [0, 0.1) is 0 Å². The van der Waals surface area contributed by atoms with Crippen molar-refractivity contribution in [1.29, 1.82) is 0 Å². The lowest BCUT2D eigenvalue weighted by Crippen LogP contribution is -2.16. The highest BCUT2D eigenvalue weighted by Gasteiger charge is 2.16. The second kappa shape index (κ2) is 6.02. The number of para-hydroxylation sites is 1.